The molecule has 0 heterocycles. The first-order valence-electron chi connectivity index (χ1n) is 4.23. The largest absolute Gasteiger partial charge is 0.369 e. The Morgan fingerprint density at radius 2 is 2.14 bits per heavy atom. The van der Waals surface area contributed by atoms with Gasteiger partial charge in [-0.1, -0.05) is 29.8 Å². The van der Waals surface area contributed by atoms with Crippen LogP contribution in [0, 0.1) is 18.4 Å². The van der Waals surface area contributed by atoms with Crippen molar-refractivity contribution < 1.29 is 0 Å². The van der Waals surface area contributed by atoms with Crippen molar-refractivity contribution in [2.24, 2.45) is 10.7 Å². The lowest BCUT2D eigenvalue weighted by Gasteiger charge is -1.98. The third-order valence-electron chi connectivity index (χ3n) is 1.74. The summed E-state index contributed by atoms with van der Waals surface area (Å²) in [7, 11) is 0. The maximum absolute atomic E-state index is 8.25. The van der Waals surface area contributed by atoms with Crippen molar-refractivity contribution >= 4 is 5.96 Å². The molecule has 0 saturated carbocycles. The number of nitrogens with two attached hydrogens (primary N) is 1. The van der Waals surface area contributed by atoms with Gasteiger partial charge in [0.25, 0.3) is 0 Å². The lowest BCUT2D eigenvalue weighted by atomic mass is 10.1. The smallest absolute Gasteiger partial charge is 0.202 e. The number of guanidine groups is 1. The van der Waals surface area contributed by atoms with E-state index in [4.69, 9.17) is 11.0 Å². The lowest BCUT2D eigenvalue weighted by molar-refractivity contribution is 1.03. The van der Waals surface area contributed by atoms with E-state index in [0.29, 0.717) is 6.54 Å². The third-order valence-corrected chi connectivity index (χ3v) is 1.74. The second-order valence-corrected chi connectivity index (χ2v) is 2.92. The number of aliphatic imine (C=N–C) groups is 1. The standard InChI is InChI=1S/C10H12N4/c1-8-2-4-9(5-3-8)6-13-10(12)14-7-11/h2-5H,6H2,1H3,(H3,12,13,14). The van der Waals surface area contributed by atoms with Crippen molar-refractivity contribution in [3.05, 3.63) is 35.4 Å². The minimum Gasteiger partial charge on any atom is -0.369 e. The number of hydrogen-bond donors (Lipinski definition) is 2. The van der Waals surface area contributed by atoms with Crippen molar-refractivity contribution in [3.8, 4) is 6.19 Å². The summed E-state index contributed by atoms with van der Waals surface area (Å²) in [6.45, 7) is 2.51. The van der Waals surface area contributed by atoms with E-state index in [0.717, 1.165) is 5.56 Å². The lowest BCUT2D eigenvalue weighted by Crippen LogP contribution is -2.27. The van der Waals surface area contributed by atoms with Gasteiger partial charge in [-0.2, -0.15) is 5.26 Å². The van der Waals surface area contributed by atoms with Crippen molar-refractivity contribution in [2.45, 2.75) is 13.5 Å². The van der Waals surface area contributed by atoms with Crippen LogP contribution in [0.1, 0.15) is 11.1 Å². The van der Waals surface area contributed by atoms with Crippen LogP contribution in [0.3, 0.4) is 0 Å². The molecule has 0 spiro atoms. The van der Waals surface area contributed by atoms with Gasteiger partial charge in [-0.3, -0.25) is 5.32 Å². The summed E-state index contributed by atoms with van der Waals surface area (Å²) in [5, 5.41) is 10.5. The van der Waals surface area contributed by atoms with Crippen LogP contribution in [0.4, 0.5) is 0 Å². The topological polar surface area (TPSA) is 74.2 Å². The summed E-state index contributed by atoms with van der Waals surface area (Å²) >= 11 is 0. The number of benzene rings is 1. The third kappa shape index (κ3) is 3.15. The zero-order valence-electron chi connectivity index (χ0n) is 7.99. The van der Waals surface area contributed by atoms with E-state index < -0.39 is 0 Å². The fourth-order valence-electron chi connectivity index (χ4n) is 0.967. The minimum absolute atomic E-state index is 0.146. The van der Waals surface area contributed by atoms with Gasteiger partial charge in [0.1, 0.15) is 0 Å². The molecule has 1 aromatic carbocycles. The van der Waals surface area contributed by atoms with Crippen LogP contribution in [-0.4, -0.2) is 5.96 Å². The quantitative estimate of drug-likeness (QED) is 0.313. The number of aryl methyl sites for hydroxylation is 1. The van der Waals surface area contributed by atoms with E-state index in [9.17, 15) is 0 Å². The molecule has 0 aromatic heterocycles. The van der Waals surface area contributed by atoms with Crippen LogP contribution < -0.4 is 11.1 Å². The first-order chi connectivity index (χ1) is 6.72. The zero-order chi connectivity index (χ0) is 10.4. The normalized spacial score (nSPS) is 10.7. The van der Waals surface area contributed by atoms with E-state index in [-0.39, 0.29) is 5.96 Å². The fourth-order valence-corrected chi connectivity index (χ4v) is 0.967. The molecule has 4 nitrogen and oxygen atoms in total. The van der Waals surface area contributed by atoms with E-state index in [1.54, 1.807) is 6.19 Å². The molecule has 0 unspecified atom stereocenters. The molecule has 3 N–H and O–H groups in total. The Labute approximate surface area is 83.1 Å². The van der Waals surface area contributed by atoms with Gasteiger partial charge >= 0.3 is 0 Å². The van der Waals surface area contributed by atoms with Gasteiger partial charge in [-0.25, -0.2) is 4.99 Å². The van der Waals surface area contributed by atoms with Gasteiger partial charge in [-0.15, -0.1) is 0 Å². The molecule has 0 fully saturated rings. The van der Waals surface area contributed by atoms with Gasteiger partial charge in [0.2, 0.25) is 5.96 Å². The Kier molecular flexibility index (Phi) is 3.50. The summed E-state index contributed by atoms with van der Waals surface area (Å²) < 4.78 is 0. The highest BCUT2D eigenvalue weighted by molar-refractivity contribution is 5.79. The number of hydrogen-bond acceptors (Lipinski definition) is 2. The Bertz CT molecular complexity index is 359. The molecule has 0 bridgehead atoms. The van der Waals surface area contributed by atoms with Gasteiger partial charge in [0.05, 0.1) is 6.54 Å². The van der Waals surface area contributed by atoms with E-state index >= 15 is 0 Å². The van der Waals surface area contributed by atoms with E-state index in [2.05, 4.69) is 10.3 Å². The second-order valence-electron chi connectivity index (χ2n) is 2.92. The maximum Gasteiger partial charge on any atom is 0.202 e. The average molecular weight is 188 g/mol. The first kappa shape index (κ1) is 10.1. The van der Waals surface area contributed by atoms with Gasteiger partial charge in [-0.05, 0) is 12.5 Å². The monoisotopic (exact) mass is 188 g/mol. The van der Waals surface area contributed by atoms with Crippen LogP contribution in [0.15, 0.2) is 29.3 Å². The number of nitrogens with one attached hydrogen (secondary N) is 1. The average Bonchev–Trinajstić information content (AvgIpc) is 2.17. The van der Waals surface area contributed by atoms with Crippen LogP contribution >= 0.6 is 0 Å². The van der Waals surface area contributed by atoms with Crippen molar-refractivity contribution in [3.63, 3.8) is 0 Å². The molecule has 0 aliphatic heterocycles. The molecular formula is C10H12N4. The molecule has 14 heavy (non-hydrogen) atoms. The predicted octanol–water partition coefficient (Wildman–Crippen LogP) is 0.880. The number of nitriles is 1. The Morgan fingerprint density at radius 1 is 1.50 bits per heavy atom. The molecule has 1 aromatic rings. The van der Waals surface area contributed by atoms with Crippen LogP contribution in [0.5, 0.6) is 0 Å². The highest BCUT2D eigenvalue weighted by Gasteiger charge is 1.91. The Hall–Kier alpha value is -2.02. The SMILES string of the molecule is Cc1ccc(CN=C(N)NC#N)cc1. The minimum atomic E-state index is 0.146. The fraction of sp³-hybridized carbons (Fsp3) is 0.200. The van der Waals surface area contributed by atoms with Gasteiger partial charge < -0.3 is 5.73 Å². The highest BCUT2D eigenvalue weighted by atomic mass is 15.1. The summed E-state index contributed by atoms with van der Waals surface area (Å²) in [6.07, 6.45) is 1.71. The molecule has 4 heteroatoms. The summed E-state index contributed by atoms with van der Waals surface area (Å²) in [4.78, 5) is 3.97. The molecule has 1 rings (SSSR count). The molecule has 0 amide bonds. The number of rotatable bonds is 2. The summed E-state index contributed by atoms with van der Waals surface area (Å²) in [5.41, 5.74) is 7.66. The number of nitrogens with zero attached hydrogens (tertiary/aromatic N) is 2. The van der Waals surface area contributed by atoms with Gasteiger partial charge in [0, 0.05) is 0 Å². The van der Waals surface area contributed by atoms with Crippen LogP contribution in [0.25, 0.3) is 0 Å². The molecule has 0 saturated heterocycles. The second kappa shape index (κ2) is 4.87. The molecular weight excluding hydrogens is 176 g/mol. The predicted molar refractivity (Wildman–Crippen MR) is 55.3 cm³/mol. The van der Waals surface area contributed by atoms with Crippen LogP contribution in [0.2, 0.25) is 0 Å². The van der Waals surface area contributed by atoms with Crippen molar-refractivity contribution in [1.82, 2.24) is 5.32 Å². The molecule has 0 atom stereocenters. The van der Waals surface area contributed by atoms with Crippen molar-refractivity contribution in [1.29, 1.82) is 5.26 Å². The molecule has 0 aliphatic rings. The Morgan fingerprint density at radius 3 is 2.71 bits per heavy atom. The van der Waals surface area contributed by atoms with E-state index in [1.807, 2.05) is 31.2 Å². The van der Waals surface area contributed by atoms with Crippen molar-refractivity contribution in [2.75, 3.05) is 0 Å². The summed E-state index contributed by atoms with van der Waals surface area (Å²) in [6, 6.07) is 7.99. The molecule has 72 valence electrons. The Balaban J connectivity index is 2.58. The highest BCUT2D eigenvalue weighted by Crippen LogP contribution is 2.03. The van der Waals surface area contributed by atoms with E-state index in [1.165, 1.54) is 5.56 Å². The van der Waals surface area contributed by atoms with Gasteiger partial charge in [0.15, 0.2) is 6.19 Å². The summed E-state index contributed by atoms with van der Waals surface area (Å²) in [5.74, 6) is 0.146. The molecule has 0 aliphatic carbocycles. The first-order valence-corrected chi connectivity index (χ1v) is 4.23. The van der Waals surface area contributed by atoms with Crippen LogP contribution in [-0.2, 0) is 6.54 Å². The molecule has 0 radical (unpaired) electrons. The zero-order valence-corrected chi connectivity index (χ0v) is 7.99. The maximum atomic E-state index is 8.25.